The number of ether oxygens (including phenoxy) is 2. The number of hydrazine groups is 1. The first-order chi connectivity index (χ1) is 31.3. The van der Waals surface area contributed by atoms with Crippen LogP contribution in [0.15, 0.2) is 41.9 Å². The fourth-order valence-electron chi connectivity index (χ4n) is 10.2. The van der Waals surface area contributed by atoms with Crippen molar-refractivity contribution in [1.82, 2.24) is 44.6 Å². The highest BCUT2D eigenvalue weighted by molar-refractivity contribution is 7.10. The second-order valence-electron chi connectivity index (χ2n) is 19.5. The van der Waals surface area contributed by atoms with Crippen molar-refractivity contribution in [1.29, 1.82) is 0 Å². The van der Waals surface area contributed by atoms with Gasteiger partial charge in [-0.3, -0.25) is 24.4 Å². The molecule has 0 spiro atoms. The summed E-state index contributed by atoms with van der Waals surface area (Å²) in [6.45, 7) is 17.2. The summed E-state index contributed by atoms with van der Waals surface area (Å²) in [6, 6.07) is 8.59. The summed E-state index contributed by atoms with van der Waals surface area (Å²) in [6.07, 6.45) is 4.02. The van der Waals surface area contributed by atoms with E-state index in [9.17, 15) is 14.4 Å². The van der Waals surface area contributed by atoms with Gasteiger partial charge < -0.3 is 34.1 Å². The van der Waals surface area contributed by atoms with Crippen molar-refractivity contribution in [2.75, 3.05) is 61.0 Å². The van der Waals surface area contributed by atoms with Gasteiger partial charge in [0, 0.05) is 98.9 Å². The van der Waals surface area contributed by atoms with E-state index < -0.39 is 40.4 Å². The lowest BCUT2D eigenvalue weighted by molar-refractivity contribution is -0.179. The molecule has 3 radical (unpaired) electrons. The number of amides is 4. The van der Waals surface area contributed by atoms with E-state index in [0.29, 0.717) is 43.9 Å². The zero-order valence-electron chi connectivity index (χ0n) is 40.6. The predicted octanol–water partition coefficient (Wildman–Crippen LogP) is 6.14. The van der Waals surface area contributed by atoms with E-state index in [2.05, 4.69) is 70.1 Å². The number of fused-ring (bicyclic) bond motifs is 6. The molecule has 4 amide bonds. The first-order valence-corrected chi connectivity index (χ1v) is 24.8. The standard InChI is InChI=1S/C49H68N9O6SSi/c1-12-56-38-19-18-32-24-35(38)36(43(56)34-16-14-21-50-41(34)31(5)63-11)25-48(6,7)29-64-45(60)39-17-15-22-58(57(39)13-2)46(61)49(66,26-40-51-37(32)28-65-40)52-44(59)42(30(3)4)55(10)47(62)54(9)33-20-23-53(8)27-33/h14,16,18-19,21,24,28,30-31,33,39,42H,12-13,15,17,20,22-23,25-27,29H2,1-11H3,(H,52,59)/t31-,33+,39-,42-,49-/m0/s1. The summed E-state index contributed by atoms with van der Waals surface area (Å²) >= 11 is 1.41. The molecule has 5 atom stereocenters. The molecule has 2 saturated heterocycles. The average molecular weight is 939 g/mol. The second-order valence-corrected chi connectivity index (χ2v) is 21.3. The molecule has 1 N–H and O–H groups in total. The number of thiazole rings is 1. The van der Waals surface area contributed by atoms with Gasteiger partial charge in [-0.05, 0) is 88.9 Å². The minimum Gasteiger partial charge on any atom is -0.464 e. The molecule has 3 aromatic heterocycles. The van der Waals surface area contributed by atoms with Crippen molar-refractivity contribution in [3.8, 4) is 22.5 Å². The Morgan fingerprint density at radius 2 is 1.83 bits per heavy atom. The van der Waals surface area contributed by atoms with Gasteiger partial charge in [0.05, 0.1) is 45.0 Å². The van der Waals surface area contributed by atoms with E-state index in [-0.39, 0.29) is 37.1 Å². The number of urea groups is 1. The number of likely N-dealkylation sites (tertiary alicyclic amines) is 1. The van der Waals surface area contributed by atoms with Crippen molar-refractivity contribution >= 4 is 56.3 Å². The van der Waals surface area contributed by atoms with Gasteiger partial charge in [-0.1, -0.05) is 40.7 Å². The normalized spacial score (nSPS) is 22.8. The number of benzene rings is 1. The third-order valence-electron chi connectivity index (χ3n) is 13.7. The maximum absolute atomic E-state index is 15.3. The Bertz CT molecular complexity index is 2440. The number of esters is 1. The van der Waals surface area contributed by atoms with Gasteiger partial charge in [0.25, 0.3) is 5.91 Å². The Hall–Kier alpha value is -4.68. The molecule has 3 aliphatic heterocycles. The number of rotatable bonds is 10. The topological polar surface area (TPSA) is 146 Å². The smallest absolute Gasteiger partial charge is 0.325 e. The van der Waals surface area contributed by atoms with Crippen molar-refractivity contribution in [3.05, 3.63) is 58.2 Å². The number of aryl methyl sites for hydroxylation is 1. The number of hydrogen-bond donors (Lipinski definition) is 1. The molecule has 0 unspecified atom stereocenters. The van der Waals surface area contributed by atoms with Gasteiger partial charge in [0.1, 0.15) is 17.2 Å². The lowest BCUT2D eigenvalue weighted by Crippen LogP contribution is -2.69. The molecule has 17 heteroatoms. The molecule has 4 aromatic rings. The maximum atomic E-state index is 15.3. The highest BCUT2D eigenvalue weighted by Crippen LogP contribution is 2.42. The molecule has 15 nitrogen and oxygen atoms in total. The Morgan fingerprint density at radius 1 is 1.08 bits per heavy atom. The summed E-state index contributed by atoms with van der Waals surface area (Å²) < 4.78 is 14.4. The number of pyridine rings is 1. The van der Waals surface area contributed by atoms with Crippen LogP contribution in [0.1, 0.15) is 90.1 Å². The van der Waals surface area contributed by atoms with Crippen LogP contribution in [-0.4, -0.2) is 158 Å². The van der Waals surface area contributed by atoms with Crippen LogP contribution >= 0.6 is 11.3 Å². The lowest BCUT2D eigenvalue weighted by Gasteiger charge is -2.46. The van der Waals surface area contributed by atoms with E-state index in [0.717, 1.165) is 64.2 Å². The van der Waals surface area contributed by atoms with Crippen LogP contribution in [0.5, 0.6) is 0 Å². The van der Waals surface area contributed by atoms with Crippen molar-refractivity contribution in [2.45, 2.75) is 117 Å². The largest absolute Gasteiger partial charge is 0.464 e. The van der Waals surface area contributed by atoms with Crippen LogP contribution < -0.4 is 5.32 Å². The molecule has 7 rings (SSSR count). The molecule has 0 saturated carbocycles. The number of methoxy groups -OCH3 is 1. The molecular formula is C49H68N9O6SSi. The molecule has 6 heterocycles. The number of carbonyl (C=O) groups excluding carboxylic acids is 4. The molecule has 66 heavy (non-hydrogen) atoms. The van der Waals surface area contributed by atoms with E-state index in [4.69, 9.17) is 19.4 Å². The van der Waals surface area contributed by atoms with Gasteiger partial charge in [0.2, 0.25) is 5.91 Å². The predicted molar refractivity (Wildman–Crippen MR) is 259 cm³/mol. The number of carbonyl (C=O) groups is 4. The van der Waals surface area contributed by atoms with Crippen molar-refractivity contribution in [2.24, 2.45) is 11.3 Å². The quantitative estimate of drug-likeness (QED) is 0.145. The number of nitrogens with one attached hydrogen (secondary N) is 1. The number of likely N-dealkylation sites (N-methyl/N-ethyl adjacent to an activating group) is 4. The molecular weight excluding hydrogens is 871 g/mol. The fraction of sp³-hybridized carbons (Fsp3) is 0.592. The first kappa shape index (κ1) is 49.2. The van der Waals surface area contributed by atoms with Crippen molar-refractivity contribution in [3.63, 3.8) is 0 Å². The number of cyclic esters (lactones) is 1. The van der Waals surface area contributed by atoms with Crippen LogP contribution in [0, 0.1) is 11.3 Å². The second kappa shape index (κ2) is 19.9. The Kier molecular flexibility index (Phi) is 14.8. The number of hydrogen-bond acceptors (Lipinski definition) is 11. The first-order valence-electron chi connectivity index (χ1n) is 23.4. The molecule has 6 bridgehead atoms. The summed E-state index contributed by atoms with van der Waals surface area (Å²) in [7, 11) is 11.1. The molecule has 2 fully saturated rings. The summed E-state index contributed by atoms with van der Waals surface area (Å²) in [4.78, 5) is 73.7. The third kappa shape index (κ3) is 9.69. The van der Waals surface area contributed by atoms with E-state index in [1.807, 2.05) is 46.2 Å². The van der Waals surface area contributed by atoms with Gasteiger partial charge in [-0.25, -0.2) is 14.8 Å². The molecule has 0 aliphatic carbocycles. The Labute approximate surface area is 397 Å². The van der Waals surface area contributed by atoms with Gasteiger partial charge in [0.15, 0.2) is 0 Å². The van der Waals surface area contributed by atoms with Gasteiger partial charge >= 0.3 is 12.0 Å². The fourth-order valence-corrected chi connectivity index (χ4v) is 11.6. The lowest BCUT2D eigenvalue weighted by atomic mass is 9.84. The molecule has 1 aromatic carbocycles. The summed E-state index contributed by atoms with van der Waals surface area (Å²) in [5.41, 5.74) is 6.17. The number of aromatic nitrogens is 3. The van der Waals surface area contributed by atoms with Crippen molar-refractivity contribution < 1.29 is 28.7 Å². The van der Waals surface area contributed by atoms with Gasteiger partial charge in [-0.15, -0.1) is 11.3 Å². The highest BCUT2D eigenvalue weighted by Gasteiger charge is 2.47. The van der Waals surface area contributed by atoms with E-state index in [1.165, 1.54) is 16.2 Å². The summed E-state index contributed by atoms with van der Waals surface area (Å²) in [5.74, 6) is -1.62. The molecule has 3 aliphatic rings. The molecule has 355 valence electrons. The van der Waals surface area contributed by atoms with Crippen LogP contribution in [0.2, 0.25) is 0 Å². The minimum atomic E-state index is -1.71. The zero-order valence-corrected chi connectivity index (χ0v) is 42.5. The highest BCUT2D eigenvalue weighted by atomic mass is 32.1. The van der Waals surface area contributed by atoms with E-state index in [1.54, 1.807) is 42.3 Å². The average Bonchev–Trinajstić information content (AvgIpc) is 4.03. The van der Waals surface area contributed by atoms with E-state index >= 15 is 4.79 Å². The maximum Gasteiger partial charge on any atom is 0.325 e. The zero-order chi connectivity index (χ0) is 47.8. The SMILES string of the molecule is CCN1[C@H]2CCCN1C(=O)[C@]([Si])(NC(=O)[C@H](C(C)C)N(C)C(=O)N(C)[C@@H]1CCN(C)C1)Cc1nc(cs1)-c1ccc3c(c1)c(c(-c1cccnc1[C@H](C)OC)n3CC)CC(C)(C)COC2=O. The summed E-state index contributed by atoms with van der Waals surface area (Å²) in [5, 5.41) is 8.42. The minimum absolute atomic E-state index is 0.00139. The van der Waals surface area contributed by atoms with Gasteiger partial charge in [-0.2, -0.15) is 0 Å². The van der Waals surface area contributed by atoms with Crippen LogP contribution in [-0.2, 0) is 43.2 Å². The number of nitrogens with zero attached hydrogens (tertiary/aromatic N) is 8. The van der Waals surface area contributed by atoms with Crippen LogP contribution in [0.25, 0.3) is 33.4 Å². The third-order valence-corrected chi connectivity index (χ3v) is 15.1. The monoisotopic (exact) mass is 938 g/mol. The van der Waals surface area contributed by atoms with Crippen LogP contribution in [0.4, 0.5) is 4.79 Å². The Balaban J connectivity index is 1.33. The Morgan fingerprint density at radius 3 is 2.50 bits per heavy atom. The van der Waals surface area contributed by atoms with Crippen LogP contribution in [0.3, 0.4) is 0 Å².